The molecule has 0 bridgehead atoms. The maximum absolute atomic E-state index is 12.8. The zero-order valence-corrected chi connectivity index (χ0v) is 23.8. The van der Waals surface area contributed by atoms with E-state index in [1.807, 2.05) is 0 Å². The van der Waals surface area contributed by atoms with Crippen LogP contribution < -0.4 is 4.74 Å². The van der Waals surface area contributed by atoms with Gasteiger partial charge in [-0.25, -0.2) is 0 Å². The van der Waals surface area contributed by atoms with Crippen molar-refractivity contribution in [2.75, 3.05) is 6.61 Å². The molecule has 2 saturated heterocycles. The monoisotopic (exact) mass is 624 g/mol. The van der Waals surface area contributed by atoms with Crippen LogP contribution in [0, 0.1) is 0 Å². The zero-order valence-electron chi connectivity index (χ0n) is 23.8. The summed E-state index contributed by atoms with van der Waals surface area (Å²) in [5.74, 6) is -2.78. The third-order valence-electron chi connectivity index (χ3n) is 7.37. The van der Waals surface area contributed by atoms with Crippen LogP contribution in [0.1, 0.15) is 36.2 Å². The summed E-state index contributed by atoms with van der Waals surface area (Å²) in [4.78, 5) is 24.2. The predicted molar refractivity (Wildman–Crippen MR) is 146 cm³/mol. The van der Waals surface area contributed by atoms with Crippen LogP contribution in [0.2, 0.25) is 0 Å². The Balaban J connectivity index is 1.55. The minimum Gasteiger partial charge on any atom is -0.508 e. The Bertz CT molecular complexity index is 1280. The van der Waals surface area contributed by atoms with Gasteiger partial charge in [0.1, 0.15) is 71.8 Å². The Labute approximate surface area is 251 Å². The summed E-state index contributed by atoms with van der Waals surface area (Å²) in [6.45, 7) is 2.02. The molecule has 0 unspecified atom stereocenters. The van der Waals surface area contributed by atoms with Crippen molar-refractivity contribution >= 4 is 11.8 Å². The SMILES string of the molecule is CC(=O)OC[C@H]1O[C@@H](Oc2cc(O)c(C(=O)CCc3ccc(O)cc3)c(O)c2)[C@H](O[C@@H]2O[C@@H](C)[C@H](O)[C@@H](O)[C@H]2O)[C@@H](O)[C@@H]1O. The maximum Gasteiger partial charge on any atom is 0.302 e. The number of Topliss-reactive ketones (excluding diaryl/α,β-unsaturated/α-hetero) is 1. The van der Waals surface area contributed by atoms with E-state index >= 15 is 0 Å². The molecule has 2 aromatic carbocycles. The fraction of sp³-hybridized carbons (Fsp3) is 0.517. The van der Waals surface area contributed by atoms with E-state index < -0.39 is 91.3 Å². The first-order valence-electron chi connectivity index (χ1n) is 13.8. The van der Waals surface area contributed by atoms with Gasteiger partial charge in [-0.05, 0) is 31.0 Å². The molecule has 0 radical (unpaired) electrons. The summed E-state index contributed by atoms with van der Waals surface area (Å²) in [7, 11) is 0. The summed E-state index contributed by atoms with van der Waals surface area (Å²) in [5.41, 5.74) is 0.361. The number of rotatable bonds is 10. The average molecular weight is 625 g/mol. The predicted octanol–water partition coefficient (Wildman–Crippen LogP) is -0.780. The smallest absolute Gasteiger partial charge is 0.302 e. The number of aliphatic hydroxyl groups is 5. The molecular formula is C29H36O15. The largest absolute Gasteiger partial charge is 0.508 e. The molecule has 15 heteroatoms. The molecule has 8 N–H and O–H groups in total. The lowest BCUT2D eigenvalue weighted by Crippen LogP contribution is -2.64. The van der Waals surface area contributed by atoms with Gasteiger partial charge in [0, 0.05) is 25.5 Å². The summed E-state index contributed by atoms with van der Waals surface area (Å²) >= 11 is 0. The van der Waals surface area contributed by atoms with Crippen LogP contribution in [-0.2, 0) is 30.2 Å². The van der Waals surface area contributed by atoms with Crippen molar-refractivity contribution < 1.29 is 74.1 Å². The lowest BCUT2D eigenvalue weighted by molar-refractivity contribution is -0.354. The van der Waals surface area contributed by atoms with Gasteiger partial charge >= 0.3 is 5.97 Å². The highest BCUT2D eigenvalue weighted by Gasteiger charge is 2.51. The Hall–Kier alpha value is -3.54. The number of phenols is 3. The Morgan fingerprint density at radius 3 is 2.07 bits per heavy atom. The highest BCUT2D eigenvalue weighted by molar-refractivity contribution is 6.01. The molecule has 0 saturated carbocycles. The second-order valence-electron chi connectivity index (χ2n) is 10.7. The molecule has 242 valence electrons. The lowest BCUT2D eigenvalue weighted by Gasteiger charge is -2.45. The fourth-order valence-electron chi connectivity index (χ4n) is 4.88. The van der Waals surface area contributed by atoms with Crippen molar-refractivity contribution in [3.05, 3.63) is 47.5 Å². The van der Waals surface area contributed by atoms with E-state index in [9.17, 15) is 50.4 Å². The summed E-state index contributed by atoms with van der Waals surface area (Å²) in [6.07, 6.45) is -15.6. The molecule has 0 amide bonds. The number of carbonyl (C=O) groups is 2. The molecule has 2 aromatic rings. The number of ketones is 1. The van der Waals surface area contributed by atoms with E-state index in [0.29, 0.717) is 0 Å². The molecule has 2 aliphatic heterocycles. The molecule has 2 heterocycles. The number of esters is 1. The third kappa shape index (κ3) is 7.57. The molecule has 0 aromatic heterocycles. The van der Waals surface area contributed by atoms with Crippen molar-refractivity contribution in [3.8, 4) is 23.0 Å². The van der Waals surface area contributed by atoms with Crippen LogP contribution in [0.3, 0.4) is 0 Å². The molecule has 10 atom stereocenters. The van der Waals surface area contributed by atoms with Gasteiger partial charge < -0.3 is 64.5 Å². The van der Waals surface area contributed by atoms with E-state index in [1.165, 1.54) is 19.1 Å². The van der Waals surface area contributed by atoms with Gasteiger partial charge in [-0.15, -0.1) is 0 Å². The van der Waals surface area contributed by atoms with Crippen molar-refractivity contribution in [1.29, 1.82) is 0 Å². The van der Waals surface area contributed by atoms with Crippen LogP contribution in [0.4, 0.5) is 0 Å². The molecule has 2 fully saturated rings. The third-order valence-corrected chi connectivity index (χ3v) is 7.37. The van der Waals surface area contributed by atoms with Crippen LogP contribution in [0.25, 0.3) is 0 Å². The minimum absolute atomic E-state index is 0.0636. The number of benzene rings is 2. The topological polar surface area (TPSA) is 242 Å². The van der Waals surface area contributed by atoms with Gasteiger partial charge in [0.25, 0.3) is 0 Å². The number of aryl methyl sites for hydroxylation is 1. The summed E-state index contributed by atoms with van der Waals surface area (Å²) < 4.78 is 27.5. The number of aliphatic hydroxyl groups excluding tert-OH is 5. The number of aromatic hydroxyl groups is 3. The molecule has 15 nitrogen and oxygen atoms in total. The quantitative estimate of drug-likeness (QED) is 0.119. The van der Waals surface area contributed by atoms with Crippen LogP contribution >= 0.6 is 0 Å². The van der Waals surface area contributed by atoms with E-state index in [4.69, 9.17) is 23.7 Å². The maximum atomic E-state index is 12.8. The number of hydrogen-bond acceptors (Lipinski definition) is 15. The minimum atomic E-state index is -1.81. The van der Waals surface area contributed by atoms with Crippen LogP contribution in [-0.4, -0.2) is 121 Å². The normalized spacial score (nSPS) is 32.2. The van der Waals surface area contributed by atoms with Gasteiger partial charge in [-0.1, -0.05) is 12.1 Å². The Morgan fingerprint density at radius 1 is 0.818 bits per heavy atom. The number of ether oxygens (including phenoxy) is 5. The van der Waals surface area contributed by atoms with Gasteiger partial charge in [-0.3, -0.25) is 9.59 Å². The molecule has 2 aliphatic rings. The standard InChI is InChI=1S/C29H36O15/c1-12-22(35)24(37)26(39)28(41-12)44-27-25(38)23(36)20(11-40-13(2)30)43-29(27)42-16-9-18(33)21(19(34)10-16)17(32)8-5-14-3-6-15(31)7-4-14/h3-4,6-7,9-10,12,20,22-29,31,33-39H,5,8,11H2,1-2H3/t12-,20+,22-,23+,24+,25-,26+,27+,28-,29+/m0/s1. The van der Waals surface area contributed by atoms with Crippen LogP contribution in [0.15, 0.2) is 36.4 Å². The highest BCUT2D eigenvalue weighted by atomic mass is 16.8. The number of carbonyl (C=O) groups excluding carboxylic acids is 2. The van der Waals surface area contributed by atoms with Crippen molar-refractivity contribution in [2.45, 2.75) is 88.1 Å². The fourth-order valence-corrected chi connectivity index (χ4v) is 4.88. The second kappa shape index (κ2) is 14.0. The molecule has 44 heavy (non-hydrogen) atoms. The summed E-state index contributed by atoms with van der Waals surface area (Å²) in [5, 5.41) is 82.8. The van der Waals surface area contributed by atoms with Gasteiger partial charge in [-0.2, -0.15) is 0 Å². The molecular weight excluding hydrogens is 588 g/mol. The zero-order chi connectivity index (χ0) is 32.3. The van der Waals surface area contributed by atoms with Gasteiger partial charge in [0.2, 0.25) is 6.29 Å². The Morgan fingerprint density at radius 2 is 1.45 bits per heavy atom. The van der Waals surface area contributed by atoms with E-state index in [1.54, 1.807) is 12.1 Å². The number of hydrogen-bond donors (Lipinski definition) is 8. The van der Waals surface area contributed by atoms with Crippen molar-refractivity contribution in [2.24, 2.45) is 0 Å². The number of phenolic OH excluding ortho intramolecular Hbond substituents is 3. The highest BCUT2D eigenvalue weighted by Crippen LogP contribution is 2.36. The van der Waals surface area contributed by atoms with E-state index in [2.05, 4.69) is 0 Å². The lowest BCUT2D eigenvalue weighted by atomic mass is 9.97. The van der Waals surface area contributed by atoms with E-state index in [0.717, 1.165) is 24.6 Å². The second-order valence-corrected chi connectivity index (χ2v) is 10.7. The van der Waals surface area contributed by atoms with Gasteiger partial charge in [0.05, 0.1) is 6.10 Å². The van der Waals surface area contributed by atoms with Crippen molar-refractivity contribution in [3.63, 3.8) is 0 Å². The molecule has 0 spiro atoms. The Kier molecular flexibility index (Phi) is 10.6. The first kappa shape index (κ1) is 33.4. The molecule has 4 rings (SSSR count). The van der Waals surface area contributed by atoms with Gasteiger partial charge in [0.15, 0.2) is 18.2 Å². The van der Waals surface area contributed by atoms with E-state index in [-0.39, 0.29) is 29.9 Å². The summed E-state index contributed by atoms with van der Waals surface area (Å²) in [6, 6.07) is 8.18. The van der Waals surface area contributed by atoms with Crippen molar-refractivity contribution in [1.82, 2.24) is 0 Å². The average Bonchev–Trinajstić information content (AvgIpc) is 2.96. The van der Waals surface area contributed by atoms with Crippen LogP contribution in [0.5, 0.6) is 23.0 Å². The first-order chi connectivity index (χ1) is 20.8. The molecule has 0 aliphatic carbocycles. The first-order valence-corrected chi connectivity index (χ1v) is 13.8.